The van der Waals surface area contributed by atoms with Crippen LogP contribution >= 0.6 is 0 Å². The monoisotopic (exact) mass is 1020 g/mol. The second kappa shape index (κ2) is 27.0. The van der Waals surface area contributed by atoms with E-state index in [0.29, 0.717) is 41.9 Å². The Morgan fingerprint density at radius 3 is 1.33 bits per heavy atom. The van der Waals surface area contributed by atoms with Gasteiger partial charge in [-0.05, 0) is 85.5 Å². The summed E-state index contributed by atoms with van der Waals surface area (Å²) in [6.07, 6.45) is 3.24. The molecule has 15 heteroatoms. The van der Waals surface area contributed by atoms with E-state index in [0.717, 1.165) is 20.0 Å². The number of carbonyl (C=O) groups is 9. The number of aliphatic hydroxyl groups is 1. The highest BCUT2D eigenvalue weighted by molar-refractivity contribution is 6.04. The predicted molar refractivity (Wildman–Crippen MR) is 276 cm³/mol. The SMILES string of the molecule is CC.CC(C)(C)C(C)(C)c1ccccc1.CC1C(=O)N(C)C(=O)C1C.CC1C(=O)OC(=O)C1C.CC1C2CC(C1C)C1(CC(=O)OC1=O)C2.CCC1(C)CC(=O)OC1=O.CO.COC(=O)C(C)(C)C(C)(C)C. The van der Waals surface area contributed by atoms with Crippen LogP contribution < -0.4 is 0 Å². The molecule has 15 nitrogen and oxygen atoms in total. The maximum Gasteiger partial charge on any atom is 0.320 e. The highest BCUT2D eigenvalue weighted by atomic mass is 16.6. The van der Waals surface area contributed by atoms with E-state index >= 15 is 0 Å². The summed E-state index contributed by atoms with van der Waals surface area (Å²) in [5, 5.41) is 7.00. The van der Waals surface area contributed by atoms with E-state index in [-0.39, 0.29) is 76.6 Å². The lowest BCUT2D eigenvalue weighted by Gasteiger charge is -2.39. The molecule has 1 spiro atoms. The van der Waals surface area contributed by atoms with Crippen LogP contribution in [0.2, 0.25) is 0 Å². The number of hydrogen-bond acceptors (Lipinski definition) is 14. The molecular formula is C57H93NO14. The van der Waals surface area contributed by atoms with Crippen molar-refractivity contribution in [1.29, 1.82) is 0 Å². The number of aliphatic hydroxyl groups excluding tert-OH is 1. The van der Waals surface area contributed by atoms with Gasteiger partial charge in [-0.25, -0.2) is 0 Å². The smallest absolute Gasteiger partial charge is 0.320 e. The molecule has 1 aromatic carbocycles. The Morgan fingerprint density at radius 2 is 1.10 bits per heavy atom. The Hall–Kier alpha value is -4.79. The molecule has 410 valence electrons. The molecule has 10 unspecified atom stereocenters. The van der Waals surface area contributed by atoms with Gasteiger partial charge in [-0.3, -0.25) is 48.1 Å². The van der Waals surface area contributed by atoms with Gasteiger partial charge in [0.2, 0.25) is 11.8 Å². The van der Waals surface area contributed by atoms with Crippen molar-refractivity contribution in [3.05, 3.63) is 35.9 Å². The normalized spacial score (nSPS) is 29.1. The molecule has 1 N–H and O–H groups in total. The van der Waals surface area contributed by atoms with Gasteiger partial charge in [-0.2, -0.15) is 0 Å². The van der Waals surface area contributed by atoms with Gasteiger partial charge in [0.05, 0.1) is 48.0 Å². The molecule has 6 fully saturated rings. The quantitative estimate of drug-likeness (QED) is 0.129. The first-order chi connectivity index (χ1) is 32.9. The molecule has 2 saturated carbocycles. The molecule has 0 radical (unpaired) electrons. The number of rotatable bonds is 3. The maximum atomic E-state index is 11.8. The largest absolute Gasteiger partial charge is 0.469 e. The number of likely N-dealkylation sites (tertiary alicyclic amines) is 1. The van der Waals surface area contributed by atoms with E-state index in [9.17, 15) is 43.2 Å². The summed E-state index contributed by atoms with van der Waals surface area (Å²) in [6, 6.07) is 10.7. The van der Waals surface area contributed by atoms with Gasteiger partial charge in [0.15, 0.2) is 0 Å². The molecule has 2 aliphatic carbocycles. The lowest BCUT2D eigenvalue weighted by molar-refractivity contribution is -0.158. The Balaban J connectivity index is 0.000000835. The number of methoxy groups -OCH3 is 1. The molecule has 72 heavy (non-hydrogen) atoms. The third kappa shape index (κ3) is 15.6. The zero-order valence-electron chi connectivity index (χ0n) is 48.2. The van der Waals surface area contributed by atoms with Gasteiger partial charge in [0, 0.05) is 26.0 Å². The fraction of sp³-hybridized carbons (Fsp3) is 0.737. The minimum atomic E-state index is -0.545. The molecular weight excluding hydrogens is 923 g/mol. The zero-order chi connectivity index (χ0) is 56.9. The van der Waals surface area contributed by atoms with E-state index in [2.05, 4.69) is 88.3 Å². The Morgan fingerprint density at radius 1 is 0.667 bits per heavy atom. The average molecular weight is 1020 g/mol. The van der Waals surface area contributed by atoms with Crippen LogP contribution in [-0.4, -0.2) is 84.9 Å². The number of imide groups is 1. The average Bonchev–Trinajstić information content (AvgIpc) is 4.10. The number of cyclic esters (lactones) is 6. The second-order valence-electron chi connectivity index (χ2n) is 23.2. The Kier molecular flexibility index (Phi) is 25.2. The molecule has 2 amide bonds. The summed E-state index contributed by atoms with van der Waals surface area (Å²) >= 11 is 0. The highest BCUT2D eigenvalue weighted by Gasteiger charge is 2.65. The van der Waals surface area contributed by atoms with Crippen molar-refractivity contribution < 1.29 is 67.2 Å². The number of carbonyl (C=O) groups excluding carboxylic acids is 9. The fourth-order valence-corrected chi connectivity index (χ4v) is 8.79. The van der Waals surface area contributed by atoms with Crippen molar-refractivity contribution in [2.24, 2.45) is 74.4 Å². The second-order valence-corrected chi connectivity index (χ2v) is 23.2. The van der Waals surface area contributed by atoms with E-state index in [1.165, 1.54) is 24.6 Å². The van der Waals surface area contributed by atoms with Gasteiger partial charge in [-0.15, -0.1) is 0 Å². The molecule has 0 aromatic heterocycles. The van der Waals surface area contributed by atoms with Gasteiger partial charge in [-0.1, -0.05) is 148 Å². The number of amides is 2. The highest BCUT2D eigenvalue weighted by Crippen LogP contribution is 2.64. The van der Waals surface area contributed by atoms with Crippen LogP contribution in [-0.2, 0) is 67.5 Å². The van der Waals surface area contributed by atoms with E-state index in [4.69, 9.17) is 14.6 Å². The summed E-state index contributed by atoms with van der Waals surface area (Å²) in [4.78, 5) is 100. The summed E-state index contributed by atoms with van der Waals surface area (Å²) in [5.74, 6) is -0.864. The Labute approximate surface area is 432 Å². The van der Waals surface area contributed by atoms with Crippen molar-refractivity contribution in [2.75, 3.05) is 21.3 Å². The van der Waals surface area contributed by atoms with Gasteiger partial charge < -0.3 is 24.1 Å². The van der Waals surface area contributed by atoms with Gasteiger partial charge in [0.25, 0.3) is 0 Å². The molecule has 1 aromatic rings. The van der Waals surface area contributed by atoms with Crippen molar-refractivity contribution in [3.63, 3.8) is 0 Å². The van der Waals surface area contributed by atoms with E-state index in [1.807, 2.05) is 55.4 Å². The first-order valence-corrected chi connectivity index (χ1v) is 25.6. The van der Waals surface area contributed by atoms with Crippen molar-refractivity contribution in [1.82, 2.24) is 4.90 Å². The van der Waals surface area contributed by atoms with E-state index in [1.54, 1.807) is 34.6 Å². The maximum absolute atomic E-state index is 11.8. The van der Waals surface area contributed by atoms with Crippen molar-refractivity contribution in [3.8, 4) is 0 Å². The number of ether oxygens (including phenoxy) is 4. The standard InChI is InChI=1S/C13H20.C12H16O3.C9H18O2.C7H11NO2.C7H10O3.C6H8O3.C2H6.CH4O/c1-12(2,3)13(4,5)11-9-7-6-8-10-11;1-6-7(2)9-3-8(6)4-12(9)5-10(13)15-11(12)14;1-8(2,3)9(4,5)7(10)11-6;1-4-5(2)7(10)8(3)6(4)9;1-3-7(2)4-5(8)10-6(7)9;1-3-4(2)6(8)9-5(3)7;2*1-2/h6-10H,1-5H3;6-9H,3-5H2,1-2H3;1-6H3;4-5H,1-3H3;3-4H2,1-2H3;3-4H,1-2H3;1-2H3;2H,1H3. The molecule has 4 heterocycles. The predicted octanol–water partition coefficient (Wildman–Crippen LogP) is 10.1. The zero-order valence-corrected chi connectivity index (χ0v) is 48.2. The van der Waals surface area contributed by atoms with Crippen molar-refractivity contribution >= 4 is 53.6 Å². The van der Waals surface area contributed by atoms with E-state index < -0.39 is 34.2 Å². The first kappa shape index (κ1) is 67.2. The number of fused-ring (bicyclic) bond motifs is 3. The van der Waals surface area contributed by atoms with Gasteiger partial charge >= 0.3 is 41.8 Å². The molecule has 2 bridgehead atoms. The molecule has 4 saturated heterocycles. The van der Waals surface area contributed by atoms with Crippen molar-refractivity contribution in [2.45, 2.75) is 176 Å². The van der Waals surface area contributed by atoms with Crippen LogP contribution in [0.3, 0.4) is 0 Å². The number of nitrogens with zero attached hydrogens (tertiary/aromatic N) is 1. The van der Waals surface area contributed by atoms with Crippen LogP contribution in [0.15, 0.2) is 30.3 Å². The summed E-state index contributed by atoms with van der Waals surface area (Å²) in [7, 11) is 3.96. The van der Waals surface area contributed by atoms with Crippen LogP contribution in [0.5, 0.6) is 0 Å². The molecule has 10 atom stereocenters. The number of benzene rings is 1. The van der Waals surface area contributed by atoms with Crippen LogP contribution in [0.1, 0.15) is 176 Å². The number of hydrogen-bond donors (Lipinski definition) is 1. The molecule has 6 aliphatic rings. The number of esters is 7. The van der Waals surface area contributed by atoms with Crippen LogP contribution in [0.25, 0.3) is 0 Å². The molecule has 7 rings (SSSR count). The minimum absolute atomic E-state index is 0.0555. The van der Waals surface area contributed by atoms with Crippen LogP contribution in [0.4, 0.5) is 0 Å². The third-order valence-corrected chi connectivity index (χ3v) is 17.0. The summed E-state index contributed by atoms with van der Waals surface area (Å²) in [5.41, 5.74) is 0.511. The third-order valence-electron chi connectivity index (χ3n) is 17.0. The lowest BCUT2D eigenvalue weighted by atomic mass is 9.65. The molecule has 4 aliphatic heterocycles. The lowest BCUT2D eigenvalue weighted by Crippen LogP contribution is -2.38. The summed E-state index contributed by atoms with van der Waals surface area (Å²) < 4.78 is 18.2. The van der Waals surface area contributed by atoms with Crippen LogP contribution in [0, 0.1) is 74.4 Å². The summed E-state index contributed by atoms with van der Waals surface area (Å²) in [6.45, 7) is 40.5. The topological polar surface area (TPSA) is 214 Å². The fourth-order valence-electron chi connectivity index (χ4n) is 8.79. The van der Waals surface area contributed by atoms with Gasteiger partial charge in [0.1, 0.15) is 0 Å². The minimum Gasteiger partial charge on any atom is -0.469 e. The Bertz CT molecular complexity index is 2000. The first-order valence-electron chi connectivity index (χ1n) is 25.6.